The van der Waals surface area contributed by atoms with E-state index in [1.54, 1.807) is 25.3 Å². The Morgan fingerprint density at radius 2 is 2.00 bits per heavy atom. The molecule has 0 atom stereocenters. The number of halogens is 3. The van der Waals surface area contributed by atoms with Gasteiger partial charge in [-0.1, -0.05) is 17.7 Å². The topological polar surface area (TPSA) is 9.23 Å². The van der Waals surface area contributed by atoms with Gasteiger partial charge in [0.25, 0.3) is 0 Å². The summed E-state index contributed by atoms with van der Waals surface area (Å²) < 4.78 is 4.99. The van der Waals surface area contributed by atoms with Crippen LogP contribution >= 0.6 is 34.8 Å². The maximum absolute atomic E-state index is 5.79. The van der Waals surface area contributed by atoms with E-state index >= 15 is 0 Å². The van der Waals surface area contributed by atoms with Gasteiger partial charge in [0.1, 0.15) is 10.6 Å². The van der Waals surface area contributed by atoms with Gasteiger partial charge in [-0.15, -0.1) is 23.2 Å². The van der Waals surface area contributed by atoms with Crippen molar-refractivity contribution in [2.75, 3.05) is 7.11 Å². The van der Waals surface area contributed by atoms with Crippen LogP contribution in [0.1, 0.15) is 10.4 Å². The first-order valence-electron chi connectivity index (χ1n) is 3.26. The van der Waals surface area contributed by atoms with Crippen LogP contribution in [0.15, 0.2) is 18.2 Å². The van der Waals surface area contributed by atoms with E-state index in [0.29, 0.717) is 10.8 Å². The maximum atomic E-state index is 5.79. The number of hydrogen-bond donors (Lipinski definition) is 0. The van der Waals surface area contributed by atoms with E-state index in [9.17, 15) is 0 Å². The van der Waals surface area contributed by atoms with Crippen molar-refractivity contribution in [3.05, 3.63) is 28.8 Å². The van der Waals surface area contributed by atoms with Gasteiger partial charge >= 0.3 is 0 Å². The third-order valence-electron chi connectivity index (χ3n) is 1.43. The second-order valence-corrected chi connectivity index (χ2v) is 3.70. The highest BCUT2D eigenvalue weighted by atomic mass is 35.5. The van der Waals surface area contributed by atoms with Crippen molar-refractivity contribution in [1.29, 1.82) is 0 Å². The third-order valence-corrected chi connectivity index (χ3v) is 2.24. The van der Waals surface area contributed by atoms with E-state index in [2.05, 4.69) is 0 Å². The van der Waals surface area contributed by atoms with Crippen molar-refractivity contribution in [2.45, 2.75) is 4.84 Å². The van der Waals surface area contributed by atoms with E-state index in [-0.39, 0.29) is 0 Å². The fraction of sp³-hybridized carbons (Fsp3) is 0.250. The molecule has 0 amide bonds. The Labute approximate surface area is 86.2 Å². The lowest BCUT2D eigenvalue weighted by Crippen LogP contribution is -1.87. The fourth-order valence-corrected chi connectivity index (χ4v) is 1.28. The van der Waals surface area contributed by atoms with Crippen LogP contribution in [-0.2, 0) is 0 Å². The van der Waals surface area contributed by atoms with Gasteiger partial charge in [0.05, 0.1) is 12.1 Å². The summed E-state index contributed by atoms with van der Waals surface area (Å²) in [5.41, 5.74) is 0.777. The molecule has 0 aliphatic heterocycles. The predicted molar refractivity (Wildman–Crippen MR) is 52.5 cm³/mol. The number of hydrogen-bond acceptors (Lipinski definition) is 1. The number of benzene rings is 1. The van der Waals surface area contributed by atoms with Crippen molar-refractivity contribution in [1.82, 2.24) is 0 Å². The first-order valence-corrected chi connectivity index (χ1v) is 4.52. The molecular weight excluding hydrogens is 218 g/mol. The standard InChI is InChI=1S/C8H7Cl3O/c1-12-7-4-5(8(10)11)2-3-6(7)9/h2-4,8H,1H3. The van der Waals surface area contributed by atoms with Crippen molar-refractivity contribution >= 4 is 34.8 Å². The molecule has 0 bridgehead atoms. The van der Waals surface area contributed by atoms with Crippen molar-refractivity contribution in [3.8, 4) is 5.75 Å². The molecular formula is C8H7Cl3O. The van der Waals surface area contributed by atoms with Crippen LogP contribution in [0.5, 0.6) is 5.75 Å². The minimum Gasteiger partial charge on any atom is -0.495 e. The maximum Gasteiger partial charge on any atom is 0.137 e. The Kier molecular flexibility index (Phi) is 3.51. The third kappa shape index (κ3) is 2.19. The van der Waals surface area contributed by atoms with Gasteiger partial charge in [0.15, 0.2) is 0 Å². The molecule has 0 saturated heterocycles. The zero-order chi connectivity index (χ0) is 9.14. The Morgan fingerprint density at radius 3 is 2.50 bits per heavy atom. The molecule has 0 saturated carbocycles. The highest BCUT2D eigenvalue weighted by Gasteiger charge is 2.06. The lowest BCUT2D eigenvalue weighted by Gasteiger charge is -2.06. The second-order valence-electron chi connectivity index (χ2n) is 2.19. The van der Waals surface area contributed by atoms with Crippen molar-refractivity contribution in [3.63, 3.8) is 0 Å². The van der Waals surface area contributed by atoms with Crippen LogP contribution < -0.4 is 4.74 Å². The summed E-state index contributed by atoms with van der Waals surface area (Å²) in [6, 6.07) is 5.18. The Hall–Kier alpha value is -0.110. The van der Waals surface area contributed by atoms with Crippen LogP contribution in [0.4, 0.5) is 0 Å². The molecule has 0 heterocycles. The zero-order valence-electron chi connectivity index (χ0n) is 6.35. The Morgan fingerprint density at radius 1 is 1.33 bits per heavy atom. The molecule has 0 aliphatic rings. The number of methoxy groups -OCH3 is 1. The van der Waals surface area contributed by atoms with Crippen molar-refractivity contribution in [2.24, 2.45) is 0 Å². The quantitative estimate of drug-likeness (QED) is 0.695. The summed E-state index contributed by atoms with van der Waals surface area (Å²) in [5.74, 6) is 0.584. The van der Waals surface area contributed by atoms with Crippen LogP contribution in [0.3, 0.4) is 0 Å². The van der Waals surface area contributed by atoms with Crippen molar-refractivity contribution < 1.29 is 4.74 Å². The second kappa shape index (κ2) is 4.22. The number of rotatable bonds is 2. The van der Waals surface area contributed by atoms with E-state index in [1.165, 1.54) is 0 Å². The molecule has 0 spiro atoms. The van der Waals surface area contributed by atoms with Gasteiger partial charge in [-0.2, -0.15) is 0 Å². The van der Waals surface area contributed by atoms with Gasteiger partial charge in [0, 0.05) is 0 Å². The highest BCUT2D eigenvalue weighted by molar-refractivity contribution is 6.44. The summed E-state index contributed by atoms with van der Waals surface area (Å²) >= 11 is 17.1. The Balaban J connectivity index is 3.05. The molecule has 0 aliphatic carbocycles. The first kappa shape index (κ1) is 9.97. The van der Waals surface area contributed by atoms with Gasteiger partial charge in [0.2, 0.25) is 0 Å². The molecule has 12 heavy (non-hydrogen) atoms. The van der Waals surface area contributed by atoms with Gasteiger partial charge in [-0.05, 0) is 17.7 Å². The molecule has 0 radical (unpaired) electrons. The van der Waals surface area contributed by atoms with E-state index in [4.69, 9.17) is 39.5 Å². The summed E-state index contributed by atoms with van der Waals surface area (Å²) in [5, 5.41) is 0.551. The highest BCUT2D eigenvalue weighted by Crippen LogP contribution is 2.31. The minimum absolute atomic E-state index is 0.545. The summed E-state index contributed by atoms with van der Waals surface area (Å²) in [4.78, 5) is -0.545. The minimum atomic E-state index is -0.545. The Bertz CT molecular complexity index is 273. The normalized spacial score (nSPS) is 10.4. The lowest BCUT2D eigenvalue weighted by molar-refractivity contribution is 0.414. The molecule has 1 aromatic carbocycles. The van der Waals surface area contributed by atoms with E-state index in [1.807, 2.05) is 0 Å². The molecule has 1 rings (SSSR count). The average molecular weight is 226 g/mol. The van der Waals surface area contributed by atoms with Gasteiger partial charge in [-0.3, -0.25) is 0 Å². The van der Waals surface area contributed by atoms with Gasteiger partial charge in [-0.25, -0.2) is 0 Å². The predicted octanol–water partition coefficient (Wildman–Crippen LogP) is 3.82. The molecule has 4 heteroatoms. The zero-order valence-corrected chi connectivity index (χ0v) is 8.62. The summed E-state index contributed by atoms with van der Waals surface area (Å²) in [6.45, 7) is 0. The molecule has 66 valence electrons. The average Bonchev–Trinajstić information content (AvgIpc) is 2.05. The smallest absolute Gasteiger partial charge is 0.137 e. The SMILES string of the molecule is COc1cc(C(Cl)Cl)ccc1Cl. The largest absolute Gasteiger partial charge is 0.495 e. The molecule has 0 unspecified atom stereocenters. The van der Waals surface area contributed by atoms with E-state index in [0.717, 1.165) is 5.56 Å². The molecule has 0 fully saturated rings. The molecule has 1 aromatic rings. The fourth-order valence-electron chi connectivity index (χ4n) is 0.812. The van der Waals surface area contributed by atoms with Crippen LogP contribution in [0.25, 0.3) is 0 Å². The number of ether oxygens (including phenoxy) is 1. The molecule has 1 nitrogen and oxygen atoms in total. The van der Waals surface area contributed by atoms with Gasteiger partial charge < -0.3 is 4.74 Å². The van der Waals surface area contributed by atoms with Crippen LogP contribution in [-0.4, -0.2) is 7.11 Å². The van der Waals surface area contributed by atoms with Crippen LogP contribution in [0.2, 0.25) is 5.02 Å². The monoisotopic (exact) mass is 224 g/mol. The summed E-state index contributed by atoms with van der Waals surface area (Å²) in [6.07, 6.45) is 0. The molecule has 0 N–H and O–H groups in total. The lowest BCUT2D eigenvalue weighted by atomic mass is 10.2. The molecule has 0 aromatic heterocycles. The number of alkyl halides is 2. The summed E-state index contributed by atoms with van der Waals surface area (Å²) in [7, 11) is 1.54. The van der Waals surface area contributed by atoms with E-state index < -0.39 is 4.84 Å². The first-order chi connectivity index (χ1) is 5.65. The van der Waals surface area contributed by atoms with Crippen LogP contribution in [0, 0.1) is 0 Å².